The Kier molecular flexibility index (Phi) is 7.14. The number of alkyl halides is 3. The Morgan fingerprint density at radius 1 is 1.28 bits per heavy atom. The first-order valence-corrected chi connectivity index (χ1v) is 9.63. The lowest BCUT2D eigenvalue weighted by Gasteiger charge is -2.11. The molecular weight excluding hydrogens is 450 g/mol. The number of nitrogens with two attached hydrogens (primary N) is 1. The van der Waals surface area contributed by atoms with Crippen molar-refractivity contribution in [1.29, 1.82) is 10.5 Å². The molecule has 0 aliphatic carbocycles. The molecule has 2 aromatic rings. The van der Waals surface area contributed by atoms with Gasteiger partial charge < -0.3 is 5.73 Å². The maximum Gasteiger partial charge on any atom is 0.416 e. The molecule has 0 amide bonds. The molecule has 0 fully saturated rings. The van der Waals surface area contributed by atoms with Crippen LogP contribution in [0.5, 0.6) is 0 Å². The molecule has 150 valence electrons. The van der Waals surface area contributed by atoms with Crippen LogP contribution >= 0.6 is 35.0 Å². The highest BCUT2D eigenvalue weighted by Gasteiger charge is 2.32. The van der Waals surface area contributed by atoms with Crippen LogP contribution in [0, 0.1) is 22.7 Å². The summed E-state index contributed by atoms with van der Waals surface area (Å²) in [7, 11) is 0. The zero-order chi connectivity index (χ0) is 21.8. The van der Waals surface area contributed by atoms with E-state index in [9.17, 15) is 13.2 Å². The Labute approximate surface area is 177 Å². The third-order valence-electron chi connectivity index (χ3n) is 3.34. The van der Waals surface area contributed by atoms with Crippen molar-refractivity contribution in [1.82, 2.24) is 15.0 Å². The third-order valence-corrected chi connectivity index (χ3v) is 4.47. The van der Waals surface area contributed by atoms with Gasteiger partial charge in [0.2, 0.25) is 0 Å². The van der Waals surface area contributed by atoms with Crippen molar-refractivity contribution < 1.29 is 13.2 Å². The number of halogens is 5. The number of hydrogen-bond acceptors (Lipinski definition) is 7. The maximum absolute atomic E-state index is 12.9. The Balaban J connectivity index is 2.57. The molecule has 0 saturated heterocycles. The summed E-state index contributed by atoms with van der Waals surface area (Å²) in [6, 6.07) is 4.72. The van der Waals surface area contributed by atoms with Gasteiger partial charge in [0.15, 0.2) is 5.70 Å². The van der Waals surface area contributed by atoms with Gasteiger partial charge in [0.25, 0.3) is 0 Å². The van der Waals surface area contributed by atoms with Gasteiger partial charge in [-0.15, -0.1) is 9.90 Å². The lowest BCUT2D eigenvalue weighted by atomic mass is 10.2. The molecule has 1 aromatic heterocycles. The lowest BCUT2D eigenvalue weighted by molar-refractivity contribution is -0.137. The van der Waals surface area contributed by atoms with Crippen molar-refractivity contribution in [2.24, 2.45) is 10.7 Å². The smallest absolute Gasteiger partial charge is 0.388 e. The molecule has 0 unspecified atom stereocenters. The zero-order valence-corrected chi connectivity index (χ0v) is 16.8. The van der Waals surface area contributed by atoms with Gasteiger partial charge in [-0.2, -0.15) is 40.6 Å². The van der Waals surface area contributed by atoms with Gasteiger partial charge in [0.1, 0.15) is 34.9 Å². The molecular formula is C16H10Cl2F3N7S. The van der Waals surface area contributed by atoms with Gasteiger partial charge in [0, 0.05) is 5.75 Å². The zero-order valence-electron chi connectivity index (χ0n) is 14.5. The number of rotatable bonds is 5. The number of nitrogens with zero attached hydrogens (tertiary/aromatic N) is 6. The van der Waals surface area contributed by atoms with E-state index in [1.807, 2.05) is 0 Å². The Bertz CT molecular complexity index is 1050. The van der Waals surface area contributed by atoms with Gasteiger partial charge in [-0.1, -0.05) is 23.2 Å². The van der Waals surface area contributed by atoms with Gasteiger partial charge in [-0.25, -0.2) is 4.99 Å². The minimum Gasteiger partial charge on any atom is -0.388 e. The van der Waals surface area contributed by atoms with Crippen molar-refractivity contribution in [3.63, 3.8) is 0 Å². The summed E-state index contributed by atoms with van der Waals surface area (Å²) in [6.45, 7) is 0. The molecule has 0 spiro atoms. The summed E-state index contributed by atoms with van der Waals surface area (Å²) in [5.41, 5.74) is 4.24. The van der Waals surface area contributed by atoms with Crippen molar-refractivity contribution in [2.75, 3.05) is 6.26 Å². The van der Waals surface area contributed by atoms with Crippen LogP contribution in [0.3, 0.4) is 0 Å². The summed E-state index contributed by atoms with van der Waals surface area (Å²) in [6.07, 6.45) is -1.65. The SMILES string of the molecule is CSCc1nn(-c2c(Cl)cc(C(F)(F)F)cc2Cl)nc1/C=N/C(C#N)=C(\N)C#N. The van der Waals surface area contributed by atoms with Crippen molar-refractivity contribution >= 4 is 41.2 Å². The number of aromatic nitrogens is 3. The second-order valence-corrected chi connectivity index (χ2v) is 6.97. The normalized spacial score (nSPS) is 12.6. The van der Waals surface area contributed by atoms with Crippen LogP contribution in [0.4, 0.5) is 13.2 Å². The molecule has 2 N–H and O–H groups in total. The lowest BCUT2D eigenvalue weighted by Crippen LogP contribution is -2.08. The molecule has 0 aliphatic heterocycles. The Morgan fingerprint density at radius 2 is 1.90 bits per heavy atom. The number of hydrogen-bond donors (Lipinski definition) is 1. The van der Waals surface area contributed by atoms with Crippen LogP contribution in [0.15, 0.2) is 28.5 Å². The highest BCUT2D eigenvalue weighted by Crippen LogP contribution is 2.37. The van der Waals surface area contributed by atoms with E-state index in [0.717, 1.165) is 16.9 Å². The van der Waals surface area contributed by atoms with E-state index in [4.69, 9.17) is 39.5 Å². The van der Waals surface area contributed by atoms with Crippen LogP contribution in [0.25, 0.3) is 5.69 Å². The maximum atomic E-state index is 12.9. The molecule has 0 atom stereocenters. The minimum atomic E-state index is -4.62. The molecule has 1 aromatic carbocycles. The van der Waals surface area contributed by atoms with Crippen LogP contribution in [-0.2, 0) is 11.9 Å². The van der Waals surface area contributed by atoms with Gasteiger partial charge in [0.05, 0.1) is 21.8 Å². The van der Waals surface area contributed by atoms with E-state index >= 15 is 0 Å². The molecule has 1 heterocycles. The molecule has 7 nitrogen and oxygen atoms in total. The number of thioether (sulfide) groups is 1. The number of allylic oxidation sites excluding steroid dienone is 2. The van der Waals surface area contributed by atoms with Crippen molar-refractivity contribution in [2.45, 2.75) is 11.9 Å². The van der Waals surface area contributed by atoms with E-state index in [-0.39, 0.29) is 32.8 Å². The third kappa shape index (κ3) is 5.21. The molecule has 0 saturated carbocycles. The van der Waals surface area contributed by atoms with Crippen LogP contribution < -0.4 is 5.73 Å². The fraction of sp³-hybridized carbons (Fsp3) is 0.188. The summed E-state index contributed by atoms with van der Waals surface area (Å²) < 4.78 is 38.7. The first-order valence-electron chi connectivity index (χ1n) is 7.48. The van der Waals surface area contributed by atoms with E-state index in [2.05, 4.69) is 15.2 Å². The van der Waals surface area contributed by atoms with E-state index < -0.39 is 11.7 Å². The number of benzene rings is 1. The second-order valence-electron chi connectivity index (χ2n) is 5.28. The molecule has 0 radical (unpaired) electrons. The molecule has 29 heavy (non-hydrogen) atoms. The average Bonchev–Trinajstić information content (AvgIpc) is 3.03. The summed E-state index contributed by atoms with van der Waals surface area (Å²) in [4.78, 5) is 4.82. The van der Waals surface area contributed by atoms with E-state index in [1.54, 1.807) is 18.4 Å². The highest BCUT2D eigenvalue weighted by atomic mass is 35.5. The predicted octanol–water partition coefficient (Wildman–Crippen LogP) is 4.09. The van der Waals surface area contributed by atoms with Crippen LogP contribution in [0.1, 0.15) is 17.0 Å². The average molecular weight is 460 g/mol. The van der Waals surface area contributed by atoms with Crippen LogP contribution in [0.2, 0.25) is 10.0 Å². The number of aliphatic imine (C=N–C) groups is 1. The molecule has 2 rings (SSSR count). The van der Waals surface area contributed by atoms with Crippen molar-refractivity contribution in [3.05, 3.63) is 50.5 Å². The first-order chi connectivity index (χ1) is 13.6. The molecule has 13 heteroatoms. The summed E-state index contributed by atoms with van der Waals surface area (Å²) >= 11 is 13.4. The van der Waals surface area contributed by atoms with Gasteiger partial charge >= 0.3 is 6.18 Å². The second kappa shape index (κ2) is 9.18. The fourth-order valence-electron chi connectivity index (χ4n) is 2.05. The van der Waals surface area contributed by atoms with E-state index in [1.165, 1.54) is 18.0 Å². The van der Waals surface area contributed by atoms with Gasteiger partial charge in [-0.3, -0.25) is 0 Å². The van der Waals surface area contributed by atoms with E-state index in [0.29, 0.717) is 11.4 Å². The first kappa shape index (κ1) is 22.6. The quantitative estimate of drug-likeness (QED) is 0.531. The topological polar surface area (TPSA) is 117 Å². The fourth-order valence-corrected chi connectivity index (χ4v) is 3.16. The standard InChI is InChI=1S/C16H10Cl2F3N7S/c1-29-7-14-13(6-25-12(5-23)11(24)4-22)26-28(27-14)15-9(17)2-8(3-10(15)18)16(19,20)21/h2-3,6H,7,24H2,1H3/b12-11-,25-6+. The monoisotopic (exact) mass is 459 g/mol. The predicted molar refractivity (Wildman–Crippen MR) is 104 cm³/mol. The molecule has 0 aliphatic rings. The largest absolute Gasteiger partial charge is 0.416 e. The highest BCUT2D eigenvalue weighted by molar-refractivity contribution is 7.97. The number of nitriles is 2. The van der Waals surface area contributed by atoms with Gasteiger partial charge in [-0.05, 0) is 18.4 Å². The summed E-state index contributed by atoms with van der Waals surface area (Å²) in [5, 5.41) is 25.5. The molecule has 0 bridgehead atoms. The minimum absolute atomic E-state index is 0.0454. The van der Waals surface area contributed by atoms with Crippen molar-refractivity contribution in [3.8, 4) is 17.8 Å². The summed E-state index contributed by atoms with van der Waals surface area (Å²) in [5.74, 6) is 0.372. The Morgan fingerprint density at radius 3 is 2.38 bits per heavy atom. The van der Waals surface area contributed by atoms with Crippen LogP contribution in [-0.4, -0.2) is 27.5 Å². The Hall–Kier alpha value is -2.73.